The van der Waals surface area contributed by atoms with Gasteiger partial charge in [-0.2, -0.15) is 0 Å². The van der Waals surface area contributed by atoms with Crippen LogP contribution >= 0.6 is 11.6 Å². The van der Waals surface area contributed by atoms with Crippen molar-refractivity contribution in [2.24, 2.45) is 0 Å². The van der Waals surface area contributed by atoms with Crippen molar-refractivity contribution in [1.29, 1.82) is 0 Å². The molecule has 0 bridgehead atoms. The summed E-state index contributed by atoms with van der Waals surface area (Å²) < 4.78 is 7.24. The lowest BCUT2D eigenvalue weighted by Gasteiger charge is -2.08. The number of fused-ring (bicyclic) bond motifs is 1. The van der Waals surface area contributed by atoms with Crippen LogP contribution in [0.4, 0.5) is 10.5 Å². The first-order chi connectivity index (χ1) is 12.7. The number of ether oxygens (including phenoxy) is 1. The number of amides is 2. The number of benzene rings is 1. The summed E-state index contributed by atoms with van der Waals surface area (Å²) in [7, 11) is 1.68. The van der Waals surface area contributed by atoms with Gasteiger partial charge in [-0.05, 0) is 36.2 Å². The fourth-order valence-corrected chi connectivity index (χ4v) is 2.98. The summed E-state index contributed by atoms with van der Waals surface area (Å²) >= 11 is 6.05. The van der Waals surface area contributed by atoms with E-state index in [0.717, 1.165) is 23.1 Å². The molecule has 2 amide bonds. The number of urea groups is 1. The zero-order valence-corrected chi connectivity index (χ0v) is 15.3. The molecule has 0 unspecified atom stereocenters. The Morgan fingerprint density at radius 2 is 2.12 bits per heavy atom. The molecule has 0 aliphatic carbocycles. The van der Waals surface area contributed by atoms with E-state index in [1.165, 1.54) is 0 Å². The van der Waals surface area contributed by atoms with E-state index in [9.17, 15) is 4.79 Å². The van der Waals surface area contributed by atoms with Crippen molar-refractivity contribution in [1.82, 2.24) is 14.9 Å². The van der Waals surface area contributed by atoms with Gasteiger partial charge in [0.25, 0.3) is 0 Å². The molecular formula is C19H21ClN4O2. The van der Waals surface area contributed by atoms with Gasteiger partial charge in [0.1, 0.15) is 5.65 Å². The van der Waals surface area contributed by atoms with E-state index in [0.29, 0.717) is 30.3 Å². The highest BCUT2D eigenvalue weighted by Crippen LogP contribution is 2.21. The lowest BCUT2D eigenvalue weighted by molar-refractivity contribution is 0.188. The minimum absolute atomic E-state index is 0.278. The van der Waals surface area contributed by atoms with Crippen LogP contribution in [0.1, 0.15) is 5.56 Å². The molecule has 0 atom stereocenters. The third-order valence-electron chi connectivity index (χ3n) is 4.05. The van der Waals surface area contributed by atoms with Crippen LogP contribution in [0.5, 0.6) is 0 Å². The van der Waals surface area contributed by atoms with E-state index in [1.807, 2.05) is 24.3 Å². The highest BCUT2D eigenvalue weighted by molar-refractivity contribution is 6.33. The molecule has 136 valence electrons. The molecule has 2 aromatic heterocycles. The van der Waals surface area contributed by atoms with Gasteiger partial charge in [-0.1, -0.05) is 23.7 Å². The molecule has 0 aliphatic rings. The molecule has 26 heavy (non-hydrogen) atoms. The first kappa shape index (κ1) is 18.2. The fourth-order valence-electron chi connectivity index (χ4n) is 2.79. The topological polar surface area (TPSA) is 68.2 Å². The molecule has 0 fully saturated rings. The SMILES string of the molecule is COCCn1cc(CCNC(=O)Nc2ccccc2Cl)c2cccnc21. The Morgan fingerprint density at radius 3 is 2.92 bits per heavy atom. The molecule has 1 aromatic carbocycles. The number of carbonyl (C=O) groups excluding carboxylic acids is 1. The average molecular weight is 373 g/mol. The lowest BCUT2D eigenvalue weighted by Crippen LogP contribution is -2.30. The Balaban J connectivity index is 1.61. The van der Waals surface area contributed by atoms with E-state index in [-0.39, 0.29) is 6.03 Å². The first-order valence-corrected chi connectivity index (χ1v) is 8.78. The van der Waals surface area contributed by atoms with Gasteiger partial charge in [0.05, 0.1) is 17.3 Å². The summed E-state index contributed by atoms with van der Waals surface area (Å²) in [5, 5.41) is 7.22. The van der Waals surface area contributed by atoms with Crippen LogP contribution in [-0.2, 0) is 17.7 Å². The predicted molar refractivity (Wildman–Crippen MR) is 104 cm³/mol. The maximum atomic E-state index is 12.1. The molecular weight excluding hydrogens is 352 g/mol. The van der Waals surface area contributed by atoms with E-state index in [2.05, 4.69) is 26.4 Å². The van der Waals surface area contributed by atoms with E-state index < -0.39 is 0 Å². The van der Waals surface area contributed by atoms with Crippen LogP contribution in [-0.4, -0.2) is 35.8 Å². The van der Waals surface area contributed by atoms with Crippen molar-refractivity contribution in [3.8, 4) is 0 Å². The average Bonchev–Trinajstić information content (AvgIpc) is 3.00. The monoisotopic (exact) mass is 372 g/mol. The number of nitrogens with one attached hydrogen (secondary N) is 2. The third-order valence-corrected chi connectivity index (χ3v) is 4.38. The van der Waals surface area contributed by atoms with Gasteiger partial charge in [-0.25, -0.2) is 9.78 Å². The van der Waals surface area contributed by atoms with Crippen LogP contribution in [0.3, 0.4) is 0 Å². The van der Waals surface area contributed by atoms with Gasteiger partial charge >= 0.3 is 6.03 Å². The Labute approximate surface area is 157 Å². The van der Waals surface area contributed by atoms with Crippen molar-refractivity contribution in [3.05, 3.63) is 59.4 Å². The molecule has 0 aliphatic heterocycles. The second kappa shape index (κ2) is 8.69. The Hall–Kier alpha value is -2.57. The molecule has 3 aromatic rings. The van der Waals surface area contributed by atoms with E-state index in [4.69, 9.17) is 16.3 Å². The summed E-state index contributed by atoms with van der Waals surface area (Å²) in [6.45, 7) is 1.87. The number of nitrogens with zero attached hydrogens (tertiary/aromatic N) is 2. The van der Waals surface area contributed by atoms with Crippen molar-refractivity contribution < 1.29 is 9.53 Å². The van der Waals surface area contributed by atoms with Crippen LogP contribution < -0.4 is 10.6 Å². The molecule has 0 radical (unpaired) electrons. The maximum absolute atomic E-state index is 12.1. The zero-order valence-electron chi connectivity index (χ0n) is 14.5. The number of pyridine rings is 1. The van der Waals surface area contributed by atoms with Gasteiger partial charge in [0.2, 0.25) is 0 Å². The first-order valence-electron chi connectivity index (χ1n) is 8.40. The van der Waals surface area contributed by atoms with Crippen LogP contribution in [0, 0.1) is 0 Å². The van der Waals surface area contributed by atoms with Crippen molar-refractivity contribution >= 4 is 34.4 Å². The van der Waals surface area contributed by atoms with E-state index >= 15 is 0 Å². The minimum atomic E-state index is -0.278. The smallest absolute Gasteiger partial charge is 0.319 e. The number of hydrogen-bond donors (Lipinski definition) is 2. The summed E-state index contributed by atoms with van der Waals surface area (Å²) in [5.74, 6) is 0. The Kier molecular flexibility index (Phi) is 6.09. The molecule has 0 saturated carbocycles. The van der Waals surface area contributed by atoms with Gasteiger partial charge < -0.3 is 19.9 Å². The number of rotatable bonds is 7. The standard InChI is InChI=1S/C19H21ClN4O2/c1-26-12-11-24-13-14(15-5-4-9-21-18(15)24)8-10-22-19(25)23-17-7-3-2-6-16(17)20/h2-7,9,13H,8,10-12H2,1H3,(H2,22,23,25). The van der Waals surface area contributed by atoms with Gasteiger partial charge in [0.15, 0.2) is 0 Å². The summed E-state index contributed by atoms with van der Waals surface area (Å²) in [6.07, 6.45) is 4.56. The molecule has 6 nitrogen and oxygen atoms in total. The summed E-state index contributed by atoms with van der Waals surface area (Å²) in [4.78, 5) is 16.5. The van der Waals surface area contributed by atoms with Crippen molar-refractivity contribution in [2.45, 2.75) is 13.0 Å². The van der Waals surface area contributed by atoms with Crippen molar-refractivity contribution in [2.75, 3.05) is 25.6 Å². The zero-order chi connectivity index (χ0) is 18.4. The van der Waals surface area contributed by atoms with Gasteiger partial charge in [-0.15, -0.1) is 0 Å². The molecule has 7 heteroatoms. The van der Waals surface area contributed by atoms with Crippen LogP contribution in [0.2, 0.25) is 5.02 Å². The number of hydrogen-bond acceptors (Lipinski definition) is 3. The summed E-state index contributed by atoms with van der Waals surface area (Å²) in [5.41, 5.74) is 2.66. The quantitative estimate of drug-likeness (QED) is 0.664. The largest absolute Gasteiger partial charge is 0.383 e. The predicted octanol–water partition coefficient (Wildman–Crippen LogP) is 3.70. The normalized spacial score (nSPS) is 10.8. The highest BCUT2D eigenvalue weighted by Gasteiger charge is 2.10. The minimum Gasteiger partial charge on any atom is -0.383 e. The number of carbonyl (C=O) groups is 1. The number of methoxy groups -OCH3 is 1. The number of halogens is 1. The molecule has 0 saturated heterocycles. The molecule has 2 N–H and O–H groups in total. The second-order valence-electron chi connectivity index (χ2n) is 5.83. The molecule has 0 spiro atoms. The Bertz CT molecular complexity index is 894. The fraction of sp³-hybridized carbons (Fsp3) is 0.263. The lowest BCUT2D eigenvalue weighted by atomic mass is 10.1. The molecule has 2 heterocycles. The van der Waals surface area contributed by atoms with Gasteiger partial charge in [-0.3, -0.25) is 0 Å². The van der Waals surface area contributed by atoms with Gasteiger partial charge in [0, 0.05) is 38.0 Å². The number of aromatic nitrogens is 2. The summed E-state index contributed by atoms with van der Waals surface area (Å²) in [6, 6.07) is 10.8. The van der Waals surface area contributed by atoms with Crippen LogP contribution in [0.25, 0.3) is 11.0 Å². The van der Waals surface area contributed by atoms with Crippen molar-refractivity contribution in [3.63, 3.8) is 0 Å². The molecule has 3 rings (SSSR count). The Morgan fingerprint density at radius 1 is 1.27 bits per heavy atom. The number of anilines is 1. The van der Waals surface area contributed by atoms with E-state index in [1.54, 1.807) is 25.4 Å². The highest BCUT2D eigenvalue weighted by atomic mass is 35.5. The third kappa shape index (κ3) is 4.33. The number of para-hydroxylation sites is 1. The maximum Gasteiger partial charge on any atom is 0.319 e. The van der Waals surface area contributed by atoms with Crippen LogP contribution in [0.15, 0.2) is 48.8 Å². The second-order valence-corrected chi connectivity index (χ2v) is 6.23.